The van der Waals surface area contributed by atoms with E-state index in [1.165, 1.54) is 11.4 Å². The molecule has 1 saturated heterocycles. The van der Waals surface area contributed by atoms with Crippen LogP contribution in [0.1, 0.15) is 19.8 Å². The molecular formula is C11H24N2O4S. The minimum absolute atomic E-state index is 0.00233. The third-order valence-corrected chi connectivity index (χ3v) is 5.51. The molecule has 0 aromatic carbocycles. The van der Waals surface area contributed by atoms with E-state index in [9.17, 15) is 8.42 Å². The average Bonchev–Trinajstić information content (AvgIpc) is 2.37. The third-order valence-electron chi connectivity index (χ3n) is 3.42. The molecule has 1 fully saturated rings. The van der Waals surface area contributed by atoms with Crippen molar-refractivity contribution in [3.8, 4) is 0 Å². The molecule has 0 aromatic rings. The number of ether oxygens (including phenoxy) is 2. The fraction of sp³-hybridized carbons (Fsp3) is 1.00. The molecule has 3 unspecified atom stereocenters. The van der Waals surface area contributed by atoms with Gasteiger partial charge in [0, 0.05) is 33.4 Å². The summed E-state index contributed by atoms with van der Waals surface area (Å²) in [6.07, 6.45) is 1.17. The van der Waals surface area contributed by atoms with Gasteiger partial charge in [-0.3, -0.25) is 0 Å². The first-order chi connectivity index (χ1) is 8.44. The van der Waals surface area contributed by atoms with Crippen LogP contribution < -0.4 is 5.73 Å². The van der Waals surface area contributed by atoms with Crippen molar-refractivity contribution in [2.24, 2.45) is 5.73 Å². The predicted octanol–water partition coefficient (Wildman–Crippen LogP) is -0.211. The van der Waals surface area contributed by atoms with Gasteiger partial charge in [-0.2, -0.15) is 4.31 Å². The Bertz CT molecular complexity index is 347. The van der Waals surface area contributed by atoms with Gasteiger partial charge in [-0.25, -0.2) is 8.42 Å². The van der Waals surface area contributed by atoms with Crippen molar-refractivity contribution >= 4 is 10.0 Å². The van der Waals surface area contributed by atoms with Crippen molar-refractivity contribution in [1.29, 1.82) is 0 Å². The SMILES string of the molecule is COC(C)CS(=O)(=O)N1CCC(OC)CC1CN. The Morgan fingerprint density at radius 2 is 2.11 bits per heavy atom. The van der Waals surface area contributed by atoms with E-state index in [2.05, 4.69) is 0 Å². The van der Waals surface area contributed by atoms with E-state index in [1.54, 1.807) is 14.0 Å². The van der Waals surface area contributed by atoms with Gasteiger partial charge in [0.1, 0.15) is 0 Å². The third kappa shape index (κ3) is 3.89. The second-order valence-corrected chi connectivity index (χ2v) is 6.67. The Kier molecular flexibility index (Phi) is 6.00. The quantitative estimate of drug-likeness (QED) is 0.728. The Hall–Kier alpha value is -0.210. The maximum Gasteiger partial charge on any atom is 0.216 e. The summed E-state index contributed by atoms with van der Waals surface area (Å²) in [7, 11) is -0.155. The summed E-state index contributed by atoms with van der Waals surface area (Å²) in [6.45, 7) is 2.54. The zero-order chi connectivity index (χ0) is 13.8. The van der Waals surface area contributed by atoms with Crippen molar-refractivity contribution < 1.29 is 17.9 Å². The summed E-state index contributed by atoms with van der Waals surface area (Å²) in [6, 6.07) is -0.169. The second-order valence-electron chi connectivity index (χ2n) is 4.71. The minimum atomic E-state index is -3.31. The molecule has 1 heterocycles. The minimum Gasteiger partial charge on any atom is -0.381 e. The predicted molar refractivity (Wildman–Crippen MR) is 69.8 cm³/mol. The number of methoxy groups -OCH3 is 2. The van der Waals surface area contributed by atoms with Crippen LogP contribution in [-0.2, 0) is 19.5 Å². The number of hydrogen-bond donors (Lipinski definition) is 1. The van der Waals surface area contributed by atoms with Crippen LogP contribution in [-0.4, -0.2) is 64.0 Å². The highest BCUT2D eigenvalue weighted by Crippen LogP contribution is 2.22. The Balaban J connectivity index is 2.75. The van der Waals surface area contributed by atoms with Crippen LogP contribution in [0.25, 0.3) is 0 Å². The summed E-state index contributed by atoms with van der Waals surface area (Å²) >= 11 is 0. The van der Waals surface area contributed by atoms with Crippen LogP contribution in [0.5, 0.6) is 0 Å². The van der Waals surface area contributed by atoms with Gasteiger partial charge >= 0.3 is 0 Å². The summed E-state index contributed by atoms with van der Waals surface area (Å²) < 4.78 is 36.4. The van der Waals surface area contributed by atoms with Gasteiger partial charge in [0.05, 0.1) is 18.0 Å². The Morgan fingerprint density at radius 1 is 1.44 bits per heavy atom. The van der Waals surface area contributed by atoms with Crippen molar-refractivity contribution in [3.05, 3.63) is 0 Å². The summed E-state index contributed by atoms with van der Waals surface area (Å²) in [4.78, 5) is 0. The average molecular weight is 280 g/mol. The highest BCUT2D eigenvalue weighted by Gasteiger charge is 2.35. The van der Waals surface area contributed by atoms with Crippen molar-refractivity contribution in [3.63, 3.8) is 0 Å². The van der Waals surface area contributed by atoms with Gasteiger partial charge in [0.15, 0.2) is 0 Å². The highest BCUT2D eigenvalue weighted by atomic mass is 32.2. The molecule has 18 heavy (non-hydrogen) atoms. The molecule has 0 spiro atoms. The molecule has 1 rings (SSSR count). The molecule has 0 aromatic heterocycles. The zero-order valence-electron chi connectivity index (χ0n) is 11.3. The Morgan fingerprint density at radius 3 is 2.61 bits per heavy atom. The van der Waals surface area contributed by atoms with Gasteiger partial charge in [0.25, 0.3) is 0 Å². The molecule has 0 radical (unpaired) electrons. The molecule has 1 aliphatic rings. The molecule has 7 heteroatoms. The van der Waals surface area contributed by atoms with E-state index in [4.69, 9.17) is 15.2 Å². The first kappa shape index (κ1) is 15.8. The number of piperidine rings is 1. The lowest BCUT2D eigenvalue weighted by Crippen LogP contribution is -2.52. The number of rotatable bonds is 6. The molecule has 0 bridgehead atoms. The van der Waals surface area contributed by atoms with E-state index in [0.717, 1.165) is 0 Å². The normalized spacial score (nSPS) is 28.2. The number of hydrogen-bond acceptors (Lipinski definition) is 5. The summed E-state index contributed by atoms with van der Waals surface area (Å²) in [5.41, 5.74) is 5.68. The fourth-order valence-electron chi connectivity index (χ4n) is 2.25. The Labute approximate surface area is 109 Å². The van der Waals surface area contributed by atoms with Crippen LogP contribution in [0, 0.1) is 0 Å². The molecule has 108 valence electrons. The monoisotopic (exact) mass is 280 g/mol. The van der Waals surface area contributed by atoms with Crippen LogP contribution in [0.15, 0.2) is 0 Å². The van der Waals surface area contributed by atoms with Gasteiger partial charge in [-0.15, -0.1) is 0 Å². The number of nitrogens with zero attached hydrogens (tertiary/aromatic N) is 1. The van der Waals surface area contributed by atoms with E-state index >= 15 is 0 Å². The standard InChI is InChI=1S/C11H24N2O4S/c1-9(16-2)8-18(14,15)13-5-4-11(17-3)6-10(13)7-12/h9-11H,4-8,12H2,1-3H3. The second kappa shape index (κ2) is 6.81. The van der Waals surface area contributed by atoms with E-state index in [0.29, 0.717) is 25.9 Å². The number of sulfonamides is 1. The van der Waals surface area contributed by atoms with Crippen LogP contribution in [0.4, 0.5) is 0 Å². The molecule has 6 nitrogen and oxygen atoms in total. The first-order valence-corrected chi connectivity index (χ1v) is 7.80. The van der Waals surface area contributed by atoms with Gasteiger partial charge in [0.2, 0.25) is 10.0 Å². The van der Waals surface area contributed by atoms with E-state index in [-0.39, 0.29) is 24.0 Å². The topological polar surface area (TPSA) is 81.9 Å². The molecule has 2 N–H and O–H groups in total. The van der Waals surface area contributed by atoms with Crippen LogP contribution in [0.3, 0.4) is 0 Å². The highest BCUT2D eigenvalue weighted by molar-refractivity contribution is 7.89. The maximum atomic E-state index is 12.3. The van der Waals surface area contributed by atoms with Gasteiger partial charge < -0.3 is 15.2 Å². The maximum absolute atomic E-state index is 12.3. The first-order valence-electron chi connectivity index (χ1n) is 6.19. The van der Waals surface area contributed by atoms with Gasteiger partial charge in [-0.1, -0.05) is 0 Å². The van der Waals surface area contributed by atoms with Crippen molar-refractivity contribution in [1.82, 2.24) is 4.31 Å². The van der Waals surface area contributed by atoms with E-state index < -0.39 is 10.0 Å². The molecule has 0 saturated carbocycles. The number of nitrogens with two attached hydrogens (primary N) is 1. The van der Waals surface area contributed by atoms with Crippen LogP contribution >= 0.6 is 0 Å². The van der Waals surface area contributed by atoms with Gasteiger partial charge in [-0.05, 0) is 19.8 Å². The molecule has 0 amide bonds. The zero-order valence-corrected chi connectivity index (χ0v) is 12.1. The smallest absolute Gasteiger partial charge is 0.216 e. The fourth-order valence-corrected chi connectivity index (χ4v) is 4.18. The molecule has 3 atom stereocenters. The molecule has 0 aliphatic carbocycles. The summed E-state index contributed by atoms with van der Waals surface area (Å²) in [5.74, 6) is -0.00233. The van der Waals surface area contributed by atoms with Crippen molar-refractivity contribution in [2.45, 2.75) is 38.0 Å². The lowest BCUT2D eigenvalue weighted by Gasteiger charge is -2.37. The van der Waals surface area contributed by atoms with E-state index in [1.807, 2.05) is 0 Å². The largest absolute Gasteiger partial charge is 0.381 e. The molecular weight excluding hydrogens is 256 g/mol. The molecule has 1 aliphatic heterocycles. The summed E-state index contributed by atoms with van der Waals surface area (Å²) in [5, 5.41) is 0. The van der Waals surface area contributed by atoms with Crippen molar-refractivity contribution in [2.75, 3.05) is 33.1 Å². The lowest BCUT2D eigenvalue weighted by molar-refractivity contribution is 0.0396. The van der Waals surface area contributed by atoms with Crippen LogP contribution in [0.2, 0.25) is 0 Å². The lowest BCUT2D eigenvalue weighted by atomic mass is 10.0.